The molecule has 0 N–H and O–H groups in total. The van der Waals surface area contributed by atoms with Gasteiger partial charge in [-0.2, -0.15) is 0 Å². The first-order valence-electron chi connectivity index (χ1n) is 5.35. The fourth-order valence-electron chi connectivity index (χ4n) is 0.960. The van der Waals surface area contributed by atoms with Crippen LogP contribution in [0, 0.1) is 0 Å². The molecule has 0 aromatic heterocycles. The monoisotopic (exact) mass is 269 g/mol. The Kier molecular flexibility index (Phi) is 9.07. The lowest BCUT2D eigenvalue weighted by Gasteiger charge is -2.14. The molecule has 0 aliphatic rings. The summed E-state index contributed by atoms with van der Waals surface area (Å²) >= 11 is 13.0. The Morgan fingerprint density at radius 2 is 1.53 bits per heavy atom. The zero-order valence-electron chi connectivity index (χ0n) is 9.85. The first kappa shape index (κ1) is 15.6. The van der Waals surface area contributed by atoms with Gasteiger partial charge >= 0.3 is 0 Å². The summed E-state index contributed by atoms with van der Waals surface area (Å²) in [4.78, 5) is 0. The van der Waals surface area contributed by atoms with E-state index in [9.17, 15) is 0 Å². The van der Waals surface area contributed by atoms with Gasteiger partial charge in [-0.15, -0.1) is 23.2 Å². The Morgan fingerprint density at radius 3 is 1.87 bits per heavy atom. The lowest BCUT2D eigenvalue weighted by molar-refractivity contribution is 0.803. The Bertz CT molecular complexity index is 178. The molecule has 0 atom stereocenters. The number of rotatable bonds is 7. The van der Waals surface area contributed by atoms with E-state index >= 15 is 0 Å². The van der Waals surface area contributed by atoms with Crippen molar-refractivity contribution in [2.45, 2.75) is 51.2 Å². The standard InChI is InChI=1S/C11H21Cl2NS/c1-11(2,3)15-14-10(6-4-8-12)7-5-9-13/h4-9H2,1-3H3. The topological polar surface area (TPSA) is 12.4 Å². The van der Waals surface area contributed by atoms with Crippen LogP contribution in [0.5, 0.6) is 0 Å². The highest BCUT2D eigenvalue weighted by molar-refractivity contribution is 7.99. The summed E-state index contributed by atoms with van der Waals surface area (Å²) in [5.41, 5.74) is 1.25. The molecule has 4 heteroatoms. The molecule has 0 aliphatic heterocycles. The van der Waals surface area contributed by atoms with E-state index in [0.29, 0.717) is 11.8 Å². The predicted molar refractivity (Wildman–Crippen MR) is 74.7 cm³/mol. The summed E-state index contributed by atoms with van der Waals surface area (Å²) in [5, 5.41) is 0. The van der Waals surface area contributed by atoms with Gasteiger partial charge in [0.2, 0.25) is 0 Å². The van der Waals surface area contributed by atoms with Gasteiger partial charge in [-0.3, -0.25) is 0 Å². The SMILES string of the molecule is CC(C)(C)SN=C(CCCCl)CCCCl. The maximum Gasteiger partial charge on any atom is 0.0294 e. The van der Waals surface area contributed by atoms with Gasteiger partial charge < -0.3 is 0 Å². The molecule has 0 radical (unpaired) electrons. The molecule has 0 heterocycles. The van der Waals surface area contributed by atoms with Gasteiger partial charge in [-0.05, 0) is 58.4 Å². The van der Waals surface area contributed by atoms with Gasteiger partial charge in [-0.1, -0.05) is 0 Å². The van der Waals surface area contributed by atoms with E-state index in [4.69, 9.17) is 23.2 Å². The normalized spacial score (nSPS) is 11.5. The highest BCUT2D eigenvalue weighted by Gasteiger charge is 2.10. The number of hydrogen-bond acceptors (Lipinski definition) is 2. The van der Waals surface area contributed by atoms with Crippen molar-refractivity contribution in [1.29, 1.82) is 0 Å². The first-order valence-corrected chi connectivity index (χ1v) is 7.19. The first-order chi connectivity index (χ1) is 6.99. The van der Waals surface area contributed by atoms with Gasteiger partial charge in [0, 0.05) is 22.2 Å². The van der Waals surface area contributed by atoms with Gasteiger partial charge in [0.25, 0.3) is 0 Å². The fourth-order valence-corrected chi connectivity index (χ4v) is 1.81. The molecular weight excluding hydrogens is 249 g/mol. The molecule has 0 bridgehead atoms. The van der Waals surface area contributed by atoms with Crippen LogP contribution in [0.1, 0.15) is 46.5 Å². The summed E-state index contributed by atoms with van der Waals surface area (Å²) < 4.78 is 4.77. The van der Waals surface area contributed by atoms with Crippen molar-refractivity contribution >= 4 is 40.9 Å². The van der Waals surface area contributed by atoms with Crippen LogP contribution in [0.15, 0.2) is 4.40 Å². The molecule has 0 aliphatic carbocycles. The van der Waals surface area contributed by atoms with Gasteiger partial charge in [0.15, 0.2) is 0 Å². The lowest BCUT2D eigenvalue weighted by atomic mass is 10.1. The van der Waals surface area contributed by atoms with E-state index in [-0.39, 0.29) is 4.75 Å². The molecule has 90 valence electrons. The second-order valence-electron chi connectivity index (χ2n) is 4.45. The summed E-state index contributed by atoms with van der Waals surface area (Å²) in [6.45, 7) is 6.51. The minimum absolute atomic E-state index is 0.188. The average molecular weight is 270 g/mol. The summed E-state index contributed by atoms with van der Waals surface area (Å²) in [7, 11) is 0. The highest BCUT2D eigenvalue weighted by Crippen LogP contribution is 2.25. The van der Waals surface area contributed by atoms with E-state index in [1.165, 1.54) is 5.71 Å². The number of alkyl halides is 2. The molecule has 0 saturated heterocycles. The van der Waals surface area contributed by atoms with Crippen LogP contribution in [0.4, 0.5) is 0 Å². The quantitative estimate of drug-likeness (QED) is 0.363. The molecule has 0 saturated carbocycles. The van der Waals surface area contributed by atoms with Crippen molar-refractivity contribution in [1.82, 2.24) is 0 Å². The maximum atomic E-state index is 5.68. The highest BCUT2D eigenvalue weighted by atomic mass is 35.5. The average Bonchev–Trinajstić information content (AvgIpc) is 2.15. The van der Waals surface area contributed by atoms with Crippen molar-refractivity contribution in [3.05, 3.63) is 0 Å². The minimum Gasteiger partial charge on any atom is -0.225 e. The molecular formula is C11H21Cl2NS. The van der Waals surface area contributed by atoms with Crippen molar-refractivity contribution in [3.63, 3.8) is 0 Å². The van der Waals surface area contributed by atoms with Gasteiger partial charge in [-0.25, -0.2) is 4.40 Å². The second kappa shape index (κ2) is 8.72. The smallest absolute Gasteiger partial charge is 0.0294 e. The van der Waals surface area contributed by atoms with Gasteiger partial charge in [0.1, 0.15) is 0 Å². The minimum atomic E-state index is 0.188. The van der Waals surface area contributed by atoms with Crippen LogP contribution in [0.3, 0.4) is 0 Å². The molecule has 0 unspecified atom stereocenters. The maximum absolute atomic E-state index is 5.68. The number of hydrogen-bond donors (Lipinski definition) is 0. The summed E-state index contributed by atoms with van der Waals surface area (Å²) in [5.74, 6) is 1.42. The molecule has 0 amide bonds. The Labute approximate surface area is 108 Å². The summed E-state index contributed by atoms with van der Waals surface area (Å²) in [6, 6.07) is 0. The van der Waals surface area contributed by atoms with E-state index in [2.05, 4.69) is 25.2 Å². The lowest BCUT2D eigenvalue weighted by Crippen LogP contribution is -2.07. The third-order valence-corrected chi connectivity index (χ3v) is 3.08. The molecule has 1 nitrogen and oxygen atoms in total. The largest absolute Gasteiger partial charge is 0.225 e. The van der Waals surface area contributed by atoms with E-state index < -0.39 is 0 Å². The van der Waals surface area contributed by atoms with E-state index in [1.54, 1.807) is 11.9 Å². The molecule has 0 aromatic rings. The Hall–Kier alpha value is 0.600. The molecule has 0 spiro atoms. The van der Waals surface area contributed by atoms with Crippen LogP contribution in [-0.4, -0.2) is 22.2 Å². The van der Waals surface area contributed by atoms with Crippen LogP contribution in [0.25, 0.3) is 0 Å². The van der Waals surface area contributed by atoms with Crippen LogP contribution >= 0.6 is 35.1 Å². The van der Waals surface area contributed by atoms with Crippen LogP contribution in [0.2, 0.25) is 0 Å². The Morgan fingerprint density at radius 1 is 1.07 bits per heavy atom. The second-order valence-corrected chi connectivity index (χ2v) is 6.79. The predicted octanol–water partition coefficient (Wildman–Crippen LogP) is 4.91. The van der Waals surface area contributed by atoms with Gasteiger partial charge in [0.05, 0.1) is 0 Å². The van der Waals surface area contributed by atoms with Crippen LogP contribution < -0.4 is 0 Å². The van der Waals surface area contributed by atoms with E-state index in [0.717, 1.165) is 25.7 Å². The van der Waals surface area contributed by atoms with Crippen molar-refractivity contribution in [2.24, 2.45) is 4.40 Å². The number of halogens is 2. The molecule has 0 fully saturated rings. The molecule has 0 aromatic carbocycles. The molecule has 15 heavy (non-hydrogen) atoms. The third-order valence-electron chi connectivity index (χ3n) is 1.65. The number of nitrogens with zero attached hydrogens (tertiary/aromatic N) is 1. The third kappa shape index (κ3) is 10.9. The van der Waals surface area contributed by atoms with Crippen molar-refractivity contribution < 1.29 is 0 Å². The zero-order chi connectivity index (χ0) is 11.7. The Balaban J connectivity index is 4.08. The van der Waals surface area contributed by atoms with Crippen LogP contribution in [-0.2, 0) is 0 Å². The van der Waals surface area contributed by atoms with Crippen molar-refractivity contribution in [3.8, 4) is 0 Å². The zero-order valence-corrected chi connectivity index (χ0v) is 12.2. The van der Waals surface area contributed by atoms with E-state index in [1.807, 2.05) is 0 Å². The molecule has 0 rings (SSSR count). The summed E-state index contributed by atoms with van der Waals surface area (Å²) in [6.07, 6.45) is 4.02. The van der Waals surface area contributed by atoms with Crippen molar-refractivity contribution in [2.75, 3.05) is 11.8 Å². The fraction of sp³-hybridized carbons (Fsp3) is 0.909.